The molecule has 1 aliphatic rings. The molecule has 6 heteroatoms. The largest absolute Gasteiger partial charge is 0.465 e. The molecule has 1 fully saturated rings. The zero-order chi connectivity index (χ0) is 13.6. The molecule has 0 saturated heterocycles. The number of carbonyl (C=O) groups is 2. The van der Waals surface area contributed by atoms with E-state index in [1.807, 2.05) is 6.92 Å². The fraction of sp³-hybridized carbons (Fsp3) is 0.833. The molecular formula is C12H22N2O3S. The van der Waals surface area contributed by atoms with Gasteiger partial charge in [0, 0.05) is 5.25 Å². The second kappa shape index (κ2) is 6.99. The molecule has 0 aromatic rings. The number of nitrogens with one attached hydrogen (secondary N) is 1. The van der Waals surface area contributed by atoms with Gasteiger partial charge in [0.1, 0.15) is 5.54 Å². The van der Waals surface area contributed by atoms with E-state index in [1.165, 1.54) is 11.8 Å². The Morgan fingerprint density at radius 1 is 1.56 bits per heavy atom. The lowest BCUT2D eigenvalue weighted by Crippen LogP contribution is -2.54. The predicted molar refractivity (Wildman–Crippen MR) is 72.3 cm³/mol. The van der Waals surface area contributed by atoms with E-state index in [9.17, 15) is 9.59 Å². The Morgan fingerprint density at radius 2 is 2.28 bits per heavy atom. The molecule has 0 aromatic carbocycles. The van der Waals surface area contributed by atoms with Gasteiger partial charge < -0.3 is 15.8 Å². The van der Waals surface area contributed by atoms with Crippen LogP contribution in [-0.2, 0) is 14.3 Å². The highest BCUT2D eigenvalue weighted by molar-refractivity contribution is 8.00. The van der Waals surface area contributed by atoms with Gasteiger partial charge in [-0.3, -0.25) is 9.59 Å². The third-order valence-electron chi connectivity index (χ3n) is 3.31. The lowest BCUT2D eigenvalue weighted by atomic mass is 9.81. The van der Waals surface area contributed by atoms with Gasteiger partial charge in [0.05, 0.1) is 12.4 Å². The summed E-state index contributed by atoms with van der Waals surface area (Å²) < 4.78 is 5.15. The summed E-state index contributed by atoms with van der Waals surface area (Å²) in [4.78, 5) is 22.9. The van der Waals surface area contributed by atoms with Crippen molar-refractivity contribution >= 4 is 23.6 Å². The molecule has 0 aliphatic heterocycles. The van der Waals surface area contributed by atoms with Crippen molar-refractivity contribution in [3.8, 4) is 0 Å². The van der Waals surface area contributed by atoms with Crippen molar-refractivity contribution in [2.45, 2.75) is 43.4 Å². The van der Waals surface area contributed by atoms with Crippen LogP contribution >= 0.6 is 11.8 Å². The maximum absolute atomic E-state index is 12.0. The van der Waals surface area contributed by atoms with E-state index in [1.54, 1.807) is 7.05 Å². The minimum atomic E-state index is -0.594. The maximum Gasteiger partial charge on any atom is 0.326 e. The molecule has 0 bridgehead atoms. The number of nitrogens with two attached hydrogens (primary N) is 1. The quantitative estimate of drug-likeness (QED) is 0.696. The number of thioether (sulfide) groups is 1. The molecule has 104 valence electrons. The van der Waals surface area contributed by atoms with Crippen LogP contribution in [0.3, 0.4) is 0 Å². The van der Waals surface area contributed by atoms with E-state index < -0.39 is 5.54 Å². The highest BCUT2D eigenvalue weighted by atomic mass is 32.2. The molecule has 1 aliphatic carbocycles. The summed E-state index contributed by atoms with van der Waals surface area (Å²) in [6.45, 7) is 2.20. The average molecular weight is 274 g/mol. The fourth-order valence-electron chi connectivity index (χ4n) is 2.35. The first kappa shape index (κ1) is 15.3. The van der Waals surface area contributed by atoms with E-state index in [4.69, 9.17) is 10.5 Å². The highest BCUT2D eigenvalue weighted by Crippen LogP contribution is 2.35. The Hall–Kier alpha value is -0.750. The SMILES string of the molecule is CCOC(=O)C1(NC)CCCC(SCC(N)=O)C1. The zero-order valence-electron chi connectivity index (χ0n) is 11.0. The minimum Gasteiger partial charge on any atom is -0.465 e. The van der Waals surface area contributed by atoms with E-state index in [2.05, 4.69) is 5.32 Å². The molecule has 1 saturated carbocycles. The Morgan fingerprint density at radius 3 is 2.83 bits per heavy atom. The molecule has 18 heavy (non-hydrogen) atoms. The molecule has 3 N–H and O–H groups in total. The lowest BCUT2D eigenvalue weighted by molar-refractivity contribution is -0.152. The number of rotatable bonds is 6. The molecule has 2 unspecified atom stereocenters. The summed E-state index contributed by atoms with van der Waals surface area (Å²) in [7, 11) is 1.79. The van der Waals surface area contributed by atoms with Crippen LogP contribution in [0.5, 0.6) is 0 Å². The van der Waals surface area contributed by atoms with Gasteiger partial charge in [-0.05, 0) is 39.7 Å². The summed E-state index contributed by atoms with van der Waals surface area (Å²) in [5.41, 5.74) is 4.56. The Balaban J connectivity index is 2.63. The monoisotopic (exact) mass is 274 g/mol. The van der Waals surface area contributed by atoms with E-state index in [0.29, 0.717) is 18.8 Å². The highest BCUT2D eigenvalue weighted by Gasteiger charge is 2.42. The predicted octanol–water partition coefficient (Wildman–Crippen LogP) is 0.669. The Kier molecular flexibility index (Phi) is 5.95. The normalized spacial score (nSPS) is 27.8. The molecule has 0 heterocycles. The van der Waals surface area contributed by atoms with Gasteiger partial charge in [-0.25, -0.2) is 0 Å². The van der Waals surface area contributed by atoms with Crippen LogP contribution in [0.1, 0.15) is 32.6 Å². The van der Waals surface area contributed by atoms with Crippen LogP contribution in [-0.4, -0.2) is 42.1 Å². The molecule has 1 rings (SSSR count). The molecule has 0 aromatic heterocycles. The van der Waals surface area contributed by atoms with Crippen LogP contribution in [0.2, 0.25) is 0 Å². The molecule has 0 spiro atoms. The van der Waals surface area contributed by atoms with Crippen LogP contribution in [0.4, 0.5) is 0 Å². The number of esters is 1. The van der Waals surface area contributed by atoms with Gasteiger partial charge in [0.15, 0.2) is 0 Å². The Bertz CT molecular complexity index is 312. The van der Waals surface area contributed by atoms with E-state index in [0.717, 1.165) is 19.3 Å². The van der Waals surface area contributed by atoms with Crippen molar-refractivity contribution in [2.75, 3.05) is 19.4 Å². The first-order chi connectivity index (χ1) is 8.54. The number of likely N-dealkylation sites (N-methyl/N-ethyl adjacent to an activating group) is 1. The third-order valence-corrected chi connectivity index (χ3v) is 4.64. The van der Waals surface area contributed by atoms with Crippen molar-refractivity contribution in [1.82, 2.24) is 5.32 Å². The van der Waals surface area contributed by atoms with Crippen molar-refractivity contribution in [1.29, 1.82) is 0 Å². The van der Waals surface area contributed by atoms with E-state index >= 15 is 0 Å². The van der Waals surface area contributed by atoms with Gasteiger partial charge in [-0.15, -0.1) is 11.8 Å². The van der Waals surface area contributed by atoms with Gasteiger partial charge in [-0.1, -0.05) is 0 Å². The summed E-state index contributed by atoms with van der Waals surface area (Å²) in [5, 5.41) is 3.40. The molecular weight excluding hydrogens is 252 g/mol. The summed E-state index contributed by atoms with van der Waals surface area (Å²) in [5.74, 6) is -0.179. The number of hydrogen-bond donors (Lipinski definition) is 2. The topological polar surface area (TPSA) is 81.4 Å². The van der Waals surface area contributed by atoms with Crippen LogP contribution < -0.4 is 11.1 Å². The second-order valence-electron chi connectivity index (χ2n) is 4.55. The standard InChI is InChI=1S/C12H22N2O3S/c1-3-17-11(16)12(14-2)6-4-5-9(7-12)18-8-10(13)15/h9,14H,3-8H2,1-2H3,(H2,13,15). The van der Waals surface area contributed by atoms with Gasteiger partial charge in [-0.2, -0.15) is 0 Å². The number of primary amides is 1. The van der Waals surface area contributed by atoms with Gasteiger partial charge in [0.2, 0.25) is 5.91 Å². The van der Waals surface area contributed by atoms with Crippen molar-refractivity contribution < 1.29 is 14.3 Å². The maximum atomic E-state index is 12.0. The summed E-state index contributed by atoms with van der Waals surface area (Å²) in [6, 6.07) is 0. The van der Waals surface area contributed by atoms with E-state index in [-0.39, 0.29) is 17.1 Å². The van der Waals surface area contributed by atoms with Crippen LogP contribution in [0.15, 0.2) is 0 Å². The Labute approximate surface area is 112 Å². The first-order valence-electron chi connectivity index (χ1n) is 6.30. The molecule has 1 amide bonds. The van der Waals surface area contributed by atoms with Crippen molar-refractivity contribution in [2.24, 2.45) is 5.73 Å². The molecule has 5 nitrogen and oxygen atoms in total. The molecule has 2 atom stereocenters. The third kappa shape index (κ3) is 3.88. The second-order valence-corrected chi connectivity index (χ2v) is 5.84. The number of amides is 1. The first-order valence-corrected chi connectivity index (χ1v) is 7.35. The summed E-state index contributed by atoms with van der Waals surface area (Å²) >= 11 is 1.54. The van der Waals surface area contributed by atoms with Crippen LogP contribution in [0.25, 0.3) is 0 Å². The van der Waals surface area contributed by atoms with Crippen molar-refractivity contribution in [3.63, 3.8) is 0 Å². The lowest BCUT2D eigenvalue weighted by Gasteiger charge is -2.38. The number of hydrogen-bond acceptors (Lipinski definition) is 5. The smallest absolute Gasteiger partial charge is 0.326 e. The fourth-order valence-corrected chi connectivity index (χ4v) is 3.49. The number of ether oxygens (including phenoxy) is 1. The van der Waals surface area contributed by atoms with Crippen LogP contribution in [0, 0.1) is 0 Å². The summed E-state index contributed by atoms with van der Waals surface area (Å²) in [6.07, 6.45) is 3.45. The average Bonchev–Trinajstić information content (AvgIpc) is 2.36. The number of carbonyl (C=O) groups excluding carboxylic acids is 2. The minimum absolute atomic E-state index is 0.183. The van der Waals surface area contributed by atoms with Crippen molar-refractivity contribution in [3.05, 3.63) is 0 Å². The van der Waals surface area contributed by atoms with Gasteiger partial charge in [0.25, 0.3) is 0 Å². The van der Waals surface area contributed by atoms with Gasteiger partial charge >= 0.3 is 5.97 Å². The molecule has 0 radical (unpaired) electrons. The zero-order valence-corrected chi connectivity index (χ0v) is 11.8.